The molecule has 0 amide bonds. The van der Waals surface area contributed by atoms with Gasteiger partial charge in [-0.15, -0.1) is 0 Å². The Bertz CT molecular complexity index is 913. The van der Waals surface area contributed by atoms with E-state index in [0.717, 1.165) is 0 Å². The van der Waals surface area contributed by atoms with Crippen molar-refractivity contribution in [3.8, 4) is 11.3 Å². The first-order valence-electron chi connectivity index (χ1n) is 7.78. The predicted molar refractivity (Wildman–Crippen MR) is 92.2 cm³/mol. The Morgan fingerprint density at radius 2 is 1.54 bits per heavy atom. The third-order valence-electron chi connectivity index (χ3n) is 3.65. The molecule has 1 aromatic heterocycles. The Labute approximate surface area is 139 Å². The van der Waals surface area contributed by atoms with Gasteiger partial charge >= 0.3 is 0 Å². The van der Waals surface area contributed by atoms with Crippen LogP contribution in [0.15, 0.2) is 69.9 Å². The van der Waals surface area contributed by atoms with Crippen molar-refractivity contribution in [3.63, 3.8) is 0 Å². The Hall–Kier alpha value is -3.01. The highest BCUT2D eigenvalue weighted by atomic mass is 16.4. The van der Waals surface area contributed by atoms with E-state index in [9.17, 15) is 9.59 Å². The second-order valence-corrected chi connectivity index (χ2v) is 5.78. The van der Waals surface area contributed by atoms with Crippen LogP contribution in [0, 0.1) is 0 Å². The van der Waals surface area contributed by atoms with Crippen LogP contribution in [0.25, 0.3) is 11.3 Å². The van der Waals surface area contributed by atoms with Crippen molar-refractivity contribution < 1.29 is 9.21 Å². The maximum Gasteiger partial charge on any atom is 0.287 e. The van der Waals surface area contributed by atoms with E-state index in [2.05, 4.69) is 4.98 Å². The standard InChI is InChI=1S/C20H17NO3/c1-13(2)20-21-19(23)16(17(22)14-9-5-3-6-10-14)18(24-20)15-11-7-4-8-12-15/h3-13H,1-2H3. The number of hydrogen-bond donors (Lipinski definition) is 0. The van der Waals surface area contributed by atoms with Gasteiger partial charge in [-0.1, -0.05) is 74.5 Å². The summed E-state index contributed by atoms with van der Waals surface area (Å²) >= 11 is 0. The lowest BCUT2D eigenvalue weighted by atomic mass is 10.00. The molecule has 0 N–H and O–H groups in total. The van der Waals surface area contributed by atoms with Crippen LogP contribution < -0.4 is 5.56 Å². The van der Waals surface area contributed by atoms with Gasteiger partial charge in [-0.05, 0) is 0 Å². The Morgan fingerprint density at radius 3 is 2.12 bits per heavy atom. The molecule has 0 fully saturated rings. The second kappa shape index (κ2) is 6.62. The molecule has 24 heavy (non-hydrogen) atoms. The molecule has 3 aromatic rings. The van der Waals surface area contributed by atoms with Crippen LogP contribution in [0.4, 0.5) is 0 Å². The molecule has 0 unspecified atom stereocenters. The molecule has 0 aliphatic rings. The number of hydrogen-bond acceptors (Lipinski definition) is 4. The van der Waals surface area contributed by atoms with Gasteiger partial charge in [0.1, 0.15) is 5.56 Å². The maximum absolute atomic E-state index is 12.8. The third-order valence-corrected chi connectivity index (χ3v) is 3.65. The van der Waals surface area contributed by atoms with Gasteiger partial charge in [-0.3, -0.25) is 9.59 Å². The molecule has 120 valence electrons. The molecule has 0 aliphatic heterocycles. The SMILES string of the molecule is CC(C)c1nc(=O)c(C(=O)c2ccccc2)c(-c2ccccc2)o1. The summed E-state index contributed by atoms with van der Waals surface area (Å²) < 4.78 is 5.85. The van der Waals surface area contributed by atoms with E-state index in [4.69, 9.17) is 4.42 Å². The summed E-state index contributed by atoms with van der Waals surface area (Å²) in [5.41, 5.74) is 0.522. The highest BCUT2D eigenvalue weighted by Crippen LogP contribution is 2.26. The summed E-state index contributed by atoms with van der Waals surface area (Å²) in [4.78, 5) is 29.4. The number of aromatic nitrogens is 1. The minimum absolute atomic E-state index is 0.0307. The molecule has 0 saturated heterocycles. The predicted octanol–water partition coefficient (Wildman–Crippen LogP) is 4.06. The fraction of sp³-hybridized carbons (Fsp3) is 0.150. The summed E-state index contributed by atoms with van der Waals surface area (Å²) in [6.45, 7) is 3.78. The normalized spacial score (nSPS) is 10.8. The summed E-state index contributed by atoms with van der Waals surface area (Å²) in [5.74, 6) is 0.156. The smallest absolute Gasteiger partial charge is 0.287 e. The van der Waals surface area contributed by atoms with Gasteiger partial charge in [0.25, 0.3) is 5.56 Å². The largest absolute Gasteiger partial charge is 0.441 e. The molecular weight excluding hydrogens is 302 g/mol. The lowest BCUT2D eigenvalue weighted by Crippen LogP contribution is -2.22. The van der Waals surface area contributed by atoms with Crippen LogP contribution >= 0.6 is 0 Å². The number of carbonyl (C=O) groups is 1. The van der Waals surface area contributed by atoms with E-state index in [1.165, 1.54) is 0 Å². The number of carbonyl (C=O) groups excluding carboxylic acids is 1. The highest BCUT2D eigenvalue weighted by molar-refractivity contribution is 6.11. The Morgan fingerprint density at radius 1 is 0.958 bits per heavy atom. The lowest BCUT2D eigenvalue weighted by molar-refractivity contribution is 0.103. The summed E-state index contributed by atoms with van der Waals surface area (Å²) in [5, 5.41) is 0. The molecule has 2 aromatic carbocycles. The molecule has 4 heteroatoms. The van der Waals surface area contributed by atoms with Crippen LogP contribution in [-0.2, 0) is 0 Å². The van der Waals surface area contributed by atoms with E-state index in [1.807, 2.05) is 50.2 Å². The fourth-order valence-electron chi connectivity index (χ4n) is 2.41. The number of benzene rings is 2. The van der Waals surface area contributed by atoms with E-state index >= 15 is 0 Å². The topological polar surface area (TPSA) is 60.2 Å². The first-order valence-corrected chi connectivity index (χ1v) is 7.78. The molecule has 0 saturated carbocycles. The number of rotatable bonds is 4. The number of nitrogens with zero attached hydrogens (tertiary/aromatic N) is 1. The summed E-state index contributed by atoms with van der Waals surface area (Å²) in [6, 6.07) is 17.8. The van der Waals surface area contributed by atoms with Crippen molar-refractivity contribution in [2.45, 2.75) is 19.8 Å². The fourth-order valence-corrected chi connectivity index (χ4v) is 2.41. The monoisotopic (exact) mass is 319 g/mol. The molecule has 0 bridgehead atoms. The average molecular weight is 319 g/mol. The van der Waals surface area contributed by atoms with Gasteiger partial charge in [0.15, 0.2) is 5.76 Å². The molecule has 0 spiro atoms. The molecule has 3 rings (SSSR count). The minimum atomic E-state index is -0.558. The average Bonchev–Trinajstić information content (AvgIpc) is 2.62. The van der Waals surface area contributed by atoms with Crippen molar-refractivity contribution in [1.82, 2.24) is 4.98 Å². The van der Waals surface area contributed by atoms with Crippen LogP contribution in [0.1, 0.15) is 41.6 Å². The summed E-state index contributed by atoms with van der Waals surface area (Å²) in [7, 11) is 0. The van der Waals surface area contributed by atoms with Crippen molar-refractivity contribution in [2.24, 2.45) is 0 Å². The molecule has 0 radical (unpaired) electrons. The van der Waals surface area contributed by atoms with Gasteiger partial charge in [-0.2, -0.15) is 4.98 Å². The van der Waals surface area contributed by atoms with E-state index in [1.54, 1.807) is 24.3 Å². The second-order valence-electron chi connectivity index (χ2n) is 5.78. The van der Waals surface area contributed by atoms with Crippen molar-refractivity contribution in [1.29, 1.82) is 0 Å². The van der Waals surface area contributed by atoms with Crippen LogP contribution in [0.2, 0.25) is 0 Å². The Balaban J connectivity index is 2.25. The van der Waals surface area contributed by atoms with Crippen LogP contribution in [0.3, 0.4) is 0 Å². The maximum atomic E-state index is 12.8. The van der Waals surface area contributed by atoms with Gasteiger partial charge in [-0.25, -0.2) is 0 Å². The molecule has 0 atom stereocenters. The zero-order chi connectivity index (χ0) is 17.1. The highest BCUT2D eigenvalue weighted by Gasteiger charge is 2.23. The van der Waals surface area contributed by atoms with Crippen molar-refractivity contribution in [2.75, 3.05) is 0 Å². The zero-order valence-electron chi connectivity index (χ0n) is 13.5. The van der Waals surface area contributed by atoms with Crippen LogP contribution in [0.5, 0.6) is 0 Å². The first kappa shape index (κ1) is 15.9. The van der Waals surface area contributed by atoms with Crippen LogP contribution in [-0.4, -0.2) is 10.8 Å². The van der Waals surface area contributed by atoms with Gasteiger partial charge in [0.05, 0.1) is 0 Å². The zero-order valence-corrected chi connectivity index (χ0v) is 13.5. The van der Waals surface area contributed by atoms with E-state index < -0.39 is 5.56 Å². The Kier molecular flexibility index (Phi) is 4.38. The lowest BCUT2D eigenvalue weighted by Gasteiger charge is -2.10. The quantitative estimate of drug-likeness (QED) is 0.681. The molecule has 1 heterocycles. The van der Waals surface area contributed by atoms with Gasteiger partial charge in [0, 0.05) is 17.0 Å². The van der Waals surface area contributed by atoms with Crippen molar-refractivity contribution >= 4 is 5.78 Å². The summed E-state index contributed by atoms with van der Waals surface area (Å²) in [6.07, 6.45) is 0. The van der Waals surface area contributed by atoms with E-state index in [-0.39, 0.29) is 23.0 Å². The molecule has 0 aliphatic carbocycles. The van der Waals surface area contributed by atoms with Gasteiger partial charge in [0.2, 0.25) is 11.7 Å². The number of ketones is 1. The third kappa shape index (κ3) is 3.04. The first-order chi connectivity index (χ1) is 11.6. The van der Waals surface area contributed by atoms with E-state index in [0.29, 0.717) is 17.0 Å². The van der Waals surface area contributed by atoms with Gasteiger partial charge < -0.3 is 4.42 Å². The minimum Gasteiger partial charge on any atom is -0.441 e. The molecular formula is C20H17NO3. The van der Waals surface area contributed by atoms with Crippen molar-refractivity contribution in [3.05, 3.63) is 88.0 Å². The molecule has 4 nitrogen and oxygen atoms in total.